The van der Waals surface area contributed by atoms with Crippen molar-refractivity contribution in [2.75, 3.05) is 7.05 Å². The Kier molecular flexibility index (Phi) is 4.87. The van der Waals surface area contributed by atoms with Gasteiger partial charge in [0.25, 0.3) is 0 Å². The molecule has 3 nitrogen and oxygen atoms in total. The van der Waals surface area contributed by atoms with Crippen molar-refractivity contribution in [3.8, 4) is 0 Å². The molecular weight excluding hydrogens is 282 g/mol. The molecule has 1 aliphatic rings. The predicted octanol–water partition coefficient (Wildman–Crippen LogP) is 3.43. The Morgan fingerprint density at radius 1 is 1.21 bits per heavy atom. The van der Waals surface area contributed by atoms with Gasteiger partial charge in [0, 0.05) is 18.1 Å². The zero-order chi connectivity index (χ0) is 13.9. The molecule has 1 saturated carbocycles. The monoisotopic (exact) mass is 301 g/mol. The van der Waals surface area contributed by atoms with Crippen molar-refractivity contribution in [3.05, 3.63) is 34.9 Å². The summed E-state index contributed by atoms with van der Waals surface area (Å²) in [5.74, 6) is -0.0142. The number of benzene rings is 1. The van der Waals surface area contributed by atoms with E-state index < -0.39 is 10.0 Å². The fourth-order valence-corrected chi connectivity index (χ4v) is 4.38. The van der Waals surface area contributed by atoms with Gasteiger partial charge in [0.05, 0.1) is 5.75 Å². The van der Waals surface area contributed by atoms with Crippen LogP contribution in [0.25, 0.3) is 0 Å². The van der Waals surface area contributed by atoms with E-state index in [4.69, 9.17) is 11.6 Å². The van der Waals surface area contributed by atoms with Crippen LogP contribution in [0, 0.1) is 0 Å². The SMILES string of the molecule is CN(C1CCCCC1)S(=O)(=O)Cc1ccccc1Cl. The first-order chi connectivity index (χ1) is 9.00. The molecule has 0 heterocycles. The van der Waals surface area contributed by atoms with Crippen molar-refractivity contribution in [3.63, 3.8) is 0 Å². The van der Waals surface area contributed by atoms with E-state index in [0.717, 1.165) is 25.7 Å². The molecular formula is C14H20ClNO2S. The molecule has 0 radical (unpaired) electrons. The minimum Gasteiger partial charge on any atom is -0.212 e. The Balaban J connectivity index is 2.11. The van der Waals surface area contributed by atoms with Crippen LogP contribution in [0.5, 0.6) is 0 Å². The predicted molar refractivity (Wildman–Crippen MR) is 78.7 cm³/mol. The minimum absolute atomic E-state index is 0.0142. The Morgan fingerprint density at radius 2 is 1.84 bits per heavy atom. The van der Waals surface area contributed by atoms with Gasteiger partial charge in [-0.1, -0.05) is 49.1 Å². The maximum Gasteiger partial charge on any atom is 0.218 e. The van der Waals surface area contributed by atoms with Gasteiger partial charge in [-0.25, -0.2) is 12.7 Å². The Hall–Kier alpha value is -0.580. The van der Waals surface area contributed by atoms with Gasteiger partial charge in [-0.3, -0.25) is 0 Å². The maximum absolute atomic E-state index is 12.4. The lowest BCUT2D eigenvalue weighted by molar-refractivity contribution is 0.285. The van der Waals surface area contributed by atoms with Crippen molar-refractivity contribution in [1.82, 2.24) is 4.31 Å². The summed E-state index contributed by atoms with van der Waals surface area (Å²) in [5.41, 5.74) is 0.673. The number of sulfonamides is 1. The molecule has 2 rings (SSSR count). The Labute approximate surface area is 120 Å². The lowest BCUT2D eigenvalue weighted by Crippen LogP contribution is -2.38. The van der Waals surface area contributed by atoms with Crippen LogP contribution in [0.1, 0.15) is 37.7 Å². The number of rotatable bonds is 4. The molecule has 0 unspecified atom stereocenters. The topological polar surface area (TPSA) is 37.4 Å². The summed E-state index contributed by atoms with van der Waals surface area (Å²) in [6.45, 7) is 0. The summed E-state index contributed by atoms with van der Waals surface area (Å²) in [5, 5.41) is 0.517. The zero-order valence-corrected chi connectivity index (χ0v) is 12.8. The molecule has 1 fully saturated rings. The van der Waals surface area contributed by atoms with E-state index in [9.17, 15) is 8.42 Å². The molecule has 5 heteroatoms. The van der Waals surface area contributed by atoms with Gasteiger partial charge < -0.3 is 0 Å². The highest BCUT2D eigenvalue weighted by molar-refractivity contribution is 7.88. The molecule has 19 heavy (non-hydrogen) atoms. The quantitative estimate of drug-likeness (QED) is 0.854. The van der Waals surface area contributed by atoms with Gasteiger partial charge in [0.15, 0.2) is 0 Å². The molecule has 0 bridgehead atoms. The first-order valence-electron chi connectivity index (χ1n) is 6.70. The van der Waals surface area contributed by atoms with Crippen molar-refractivity contribution >= 4 is 21.6 Å². The molecule has 1 aromatic carbocycles. The fraction of sp³-hybridized carbons (Fsp3) is 0.571. The molecule has 0 atom stereocenters. The van der Waals surface area contributed by atoms with Crippen molar-refractivity contribution in [2.45, 2.75) is 43.9 Å². The lowest BCUT2D eigenvalue weighted by atomic mass is 9.96. The largest absolute Gasteiger partial charge is 0.218 e. The third kappa shape index (κ3) is 3.71. The molecule has 0 spiro atoms. The van der Waals surface area contributed by atoms with Crippen LogP contribution in [0.15, 0.2) is 24.3 Å². The van der Waals surface area contributed by atoms with E-state index in [1.54, 1.807) is 23.5 Å². The fourth-order valence-electron chi connectivity index (χ4n) is 2.59. The zero-order valence-electron chi connectivity index (χ0n) is 11.2. The number of halogens is 1. The van der Waals surface area contributed by atoms with E-state index in [1.807, 2.05) is 12.1 Å². The molecule has 1 aromatic rings. The van der Waals surface area contributed by atoms with Gasteiger partial charge >= 0.3 is 0 Å². The van der Waals surface area contributed by atoms with Gasteiger partial charge in [0.2, 0.25) is 10.0 Å². The number of hydrogen-bond donors (Lipinski definition) is 0. The van der Waals surface area contributed by atoms with Crippen LogP contribution in [-0.4, -0.2) is 25.8 Å². The second-order valence-corrected chi connectivity index (χ2v) is 7.59. The van der Waals surface area contributed by atoms with Crippen molar-refractivity contribution in [2.24, 2.45) is 0 Å². The maximum atomic E-state index is 12.4. The average Bonchev–Trinajstić information content (AvgIpc) is 2.41. The summed E-state index contributed by atoms with van der Waals surface area (Å²) in [6.07, 6.45) is 5.40. The van der Waals surface area contributed by atoms with Gasteiger partial charge in [-0.05, 0) is 24.5 Å². The van der Waals surface area contributed by atoms with E-state index in [0.29, 0.717) is 10.6 Å². The van der Waals surface area contributed by atoms with E-state index in [-0.39, 0.29) is 11.8 Å². The van der Waals surface area contributed by atoms with Crippen LogP contribution < -0.4 is 0 Å². The standard InChI is InChI=1S/C14H20ClNO2S/c1-16(13-8-3-2-4-9-13)19(17,18)11-12-7-5-6-10-14(12)15/h5-7,10,13H,2-4,8-9,11H2,1H3. The molecule has 0 aliphatic heterocycles. The van der Waals surface area contributed by atoms with Crippen LogP contribution in [0.3, 0.4) is 0 Å². The molecule has 0 aromatic heterocycles. The Bertz CT molecular complexity index is 524. The van der Waals surface area contributed by atoms with Crippen LogP contribution >= 0.6 is 11.6 Å². The number of hydrogen-bond acceptors (Lipinski definition) is 2. The second kappa shape index (κ2) is 6.25. The summed E-state index contributed by atoms with van der Waals surface area (Å²) in [6, 6.07) is 7.28. The summed E-state index contributed by atoms with van der Waals surface area (Å²) in [4.78, 5) is 0. The summed E-state index contributed by atoms with van der Waals surface area (Å²) >= 11 is 6.04. The first-order valence-corrected chi connectivity index (χ1v) is 8.68. The second-order valence-electron chi connectivity index (χ2n) is 5.16. The molecule has 0 amide bonds. The molecule has 0 saturated heterocycles. The van der Waals surface area contributed by atoms with Crippen molar-refractivity contribution < 1.29 is 8.42 Å². The van der Waals surface area contributed by atoms with Crippen LogP contribution in [0.4, 0.5) is 0 Å². The van der Waals surface area contributed by atoms with E-state index in [1.165, 1.54) is 6.42 Å². The third-order valence-corrected chi connectivity index (χ3v) is 6.04. The third-order valence-electron chi connectivity index (χ3n) is 3.82. The minimum atomic E-state index is -3.29. The van der Waals surface area contributed by atoms with Crippen LogP contribution in [-0.2, 0) is 15.8 Å². The highest BCUT2D eigenvalue weighted by Gasteiger charge is 2.28. The normalized spacial score (nSPS) is 17.8. The van der Waals surface area contributed by atoms with Gasteiger partial charge in [0.1, 0.15) is 0 Å². The van der Waals surface area contributed by atoms with E-state index in [2.05, 4.69) is 0 Å². The molecule has 106 valence electrons. The average molecular weight is 302 g/mol. The summed E-state index contributed by atoms with van der Waals surface area (Å²) in [7, 11) is -1.59. The van der Waals surface area contributed by atoms with E-state index >= 15 is 0 Å². The molecule has 0 N–H and O–H groups in total. The highest BCUT2D eigenvalue weighted by atomic mass is 35.5. The number of nitrogens with zero attached hydrogens (tertiary/aromatic N) is 1. The van der Waals surface area contributed by atoms with Crippen LogP contribution in [0.2, 0.25) is 5.02 Å². The molecule has 1 aliphatic carbocycles. The van der Waals surface area contributed by atoms with Gasteiger partial charge in [-0.15, -0.1) is 0 Å². The van der Waals surface area contributed by atoms with Crippen molar-refractivity contribution in [1.29, 1.82) is 0 Å². The van der Waals surface area contributed by atoms with Gasteiger partial charge in [-0.2, -0.15) is 0 Å². The highest BCUT2D eigenvalue weighted by Crippen LogP contribution is 2.26. The summed E-state index contributed by atoms with van der Waals surface area (Å²) < 4.78 is 26.4. The smallest absolute Gasteiger partial charge is 0.212 e. The Morgan fingerprint density at radius 3 is 2.47 bits per heavy atom. The first kappa shape index (κ1) is 14.8. The lowest BCUT2D eigenvalue weighted by Gasteiger charge is -2.30.